The molecule has 0 amide bonds. The maximum atomic E-state index is 2.52. The number of fused-ring (bicyclic) bond motifs is 14. The van der Waals surface area contributed by atoms with Crippen LogP contribution in [0, 0.1) is 0 Å². The Morgan fingerprint density at radius 1 is 0.246 bits per heavy atom. The molecule has 2 aliphatic carbocycles. The van der Waals surface area contributed by atoms with E-state index in [4.69, 9.17) is 0 Å². The number of benzene rings is 11. The lowest BCUT2D eigenvalue weighted by Crippen LogP contribution is -2.29. The number of hydrogen-bond donors (Lipinski definition) is 0. The fourth-order valence-corrected chi connectivity index (χ4v) is 11.2. The van der Waals surface area contributed by atoms with Crippen molar-refractivity contribution in [1.82, 2.24) is 0 Å². The van der Waals surface area contributed by atoms with E-state index in [1.165, 1.54) is 77.2 Å². The molecule has 304 valence electrons. The van der Waals surface area contributed by atoms with Gasteiger partial charge in [-0.05, 0) is 115 Å². The van der Waals surface area contributed by atoms with E-state index in [1.54, 1.807) is 0 Å². The minimum Gasteiger partial charge on any atom is -0.310 e. The molecule has 0 saturated heterocycles. The molecule has 0 saturated carbocycles. The molecule has 2 nitrogen and oxygen atoms in total. The summed E-state index contributed by atoms with van der Waals surface area (Å²) in [5.41, 5.74) is 18.6. The summed E-state index contributed by atoms with van der Waals surface area (Å²) in [5.74, 6) is 0. The number of anilines is 6. The van der Waals surface area contributed by atoms with Gasteiger partial charge in [0.2, 0.25) is 0 Å². The van der Waals surface area contributed by atoms with Gasteiger partial charge < -0.3 is 9.80 Å². The van der Waals surface area contributed by atoms with E-state index in [0.29, 0.717) is 0 Å². The van der Waals surface area contributed by atoms with Gasteiger partial charge in [-0.15, -0.1) is 0 Å². The van der Waals surface area contributed by atoms with Crippen LogP contribution in [-0.4, -0.2) is 0 Å². The summed E-state index contributed by atoms with van der Waals surface area (Å²) in [6, 6.07) is 94.2. The molecular weight excluding hydrogens is 785 g/mol. The van der Waals surface area contributed by atoms with Crippen LogP contribution in [0.2, 0.25) is 0 Å². The van der Waals surface area contributed by atoms with Crippen LogP contribution in [0.1, 0.15) is 22.3 Å². The Balaban J connectivity index is 1.16. The Morgan fingerprint density at radius 2 is 0.677 bits per heavy atom. The monoisotopic (exact) mass is 826 g/mol. The summed E-state index contributed by atoms with van der Waals surface area (Å²) >= 11 is 0. The van der Waals surface area contributed by atoms with Gasteiger partial charge in [0.1, 0.15) is 0 Å². The second-order valence-corrected chi connectivity index (χ2v) is 17.2. The second kappa shape index (κ2) is 14.8. The highest BCUT2D eigenvalue weighted by Crippen LogP contribution is 2.64. The normalized spacial score (nSPS) is 14.2. The van der Waals surface area contributed by atoms with Gasteiger partial charge in [-0.3, -0.25) is 0 Å². The lowest BCUT2D eigenvalue weighted by Gasteiger charge is -2.37. The fourth-order valence-electron chi connectivity index (χ4n) is 11.2. The quantitative estimate of drug-likeness (QED) is 0.165. The minimum absolute atomic E-state index is 0.703. The van der Waals surface area contributed by atoms with Crippen LogP contribution in [0.3, 0.4) is 0 Å². The molecule has 0 N–H and O–H groups in total. The average molecular weight is 827 g/mol. The Labute approximate surface area is 379 Å². The molecule has 0 aromatic heterocycles. The van der Waals surface area contributed by atoms with Gasteiger partial charge in [0.15, 0.2) is 0 Å². The van der Waals surface area contributed by atoms with Gasteiger partial charge >= 0.3 is 0 Å². The number of hydrogen-bond acceptors (Lipinski definition) is 2. The third-order valence-electron chi connectivity index (χ3n) is 13.8. The van der Waals surface area contributed by atoms with E-state index in [2.05, 4.69) is 265 Å². The molecule has 0 fully saturated rings. The van der Waals surface area contributed by atoms with Gasteiger partial charge in [-0.2, -0.15) is 0 Å². The zero-order valence-electron chi connectivity index (χ0n) is 35.6. The number of rotatable bonds is 6. The van der Waals surface area contributed by atoms with Gasteiger partial charge in [0, 0.05) is 33.4 Å². The van der Waals surface area contributed by atoms with Crippen LogP contribution in [0.15, 0.2) is 255 Å². The largest absolute Gasteiger partial charge is 0.310 e. The van der Waals surface area contributed by atoms with Crippen molar-refractivity contribution >= 4 is 55.7 Å². The van der Waals surface area contributed by atoms with Crippen molar-refractivity contribution in [2.24, 2.45) is 0 Å². The average Bonchev–Trinajstić information content (AvgIpc) is 3.63. The van der Waals surface area contributed by atoms with E-state index in [0.717, 1.165) is 34.1 Å². The molecule has 1 spiro atoms. The van der Waals surface area contributed by atoms with E-state index < -0.39 is 5.41 Å². The van der Waals surface area contributed by atoms with Crippen LogP contribution in [0.5, 0.6) is 0 Å². The summed E-state index contributed by atoms with van der Waals surface area (Å²) in [5, 5.41) is 4.83. The van der Waals surface area contributed by atoms with Gasteiger partial charge in [-0.1, -0.05) is 200 Å². The zero-order valence-corrected chi connectivity index (χ0v) is 35.6. The molecule has 2 heteroatoms. The molecule has 0 radical (unpaired) electrons. The predicted molar refractivity (Wildman–Crippen MR) is 273 cm³/mol. The minimum atomic E-state index is -0.703. The molecule has 11 aromatic rings. The maximum absolute atomic E-state index is 2.52. The Morgan fingerprint density at radius 3 is 1.32 bits per heavy atom. The Bertz CT molecular complexity index is 3620. The third-order valence-corrected chi connectivity index (χ3v) is 13.8. The SMILES string of the molecule is c1ccc(N(c2ccc3c(c2)C2(c4ccccc4-c4ccccc4-3)c3ccccc3-c3c(N(c4ccccc4)c4cccc5ccccc45)cccc32)c2cccc3ccccc23)cc1. The Kier molecular flexibility index (Phi) is 8.47. The number of nitrogens with zero attached hydrogens (tertiary/aromatic N) is 2. The highest BCUT2D eigenvalue weighted by Gasteiger charge is 2.51. The molecule has 0 aliphatic heterocycles. The lowest BCUT2D eigenvalue weighted by atomic mass is 9.65. The van der Waals surface area contributed by atoms with Crippen molar-refractivity contribution in [3.63, 3.8) is 0 Å². The highest BCUT2D eigenvalue weighted by atomic mass is 15.2. The zero-order chi connectivity index (χ0) is 42.9. The van der Waals surface area contributed by atoms with Gasteiger partial charge in [0.25, 0.3) is 0 Å². The molecule has 0 bridgehead atoms. The summed E-state index contributed by atoms with van der Waals surface area (Å²) in [4.78, 5) is 4.94. The molecule has 11 aromatic carbocycles. The molecule has 1 atom stereocenters. The first kappa shape index (κ1) is 37.1. The van der Waals surface area contributed by atoms with Crippen molar-refractivity contribution in [1.29, 1.82) is 0 Å². The molecule has 1 unspecified atom stereocenters. The van der Waals surface area contributed by atoms with Crippen LogP contribution < -0.4 is 9.80 Å². The molecule has 65 heavy (non-hydrogen) atoms. The summed E-state index contributed by atoms with van der Waals surface area (Å²) < 4.78 is 0. The standard InChI is InChI=1S/C63H42N2/c1-3-24-45(25-4-1)64(59-37-17-22-43-20-7-9-28-48(43)59)47-40-41-53-51-31-12-11-30-50(51)52-32-13-15-34-55(52)63(58(53)42-47)56-35-16-14-33-54(56)62-57(63)36-19-39-61(62)65(46-26-5-2-6-27-46)60-38-18-23-44-21-8-10-29-49(44)60/h1-42H. The maximum Gasteiger partial charge on any atom is 0.0727 e. The predicted octanol–water partition coefficient (Wildman–Crippen LogP) is 16.9. The van der Waals surface area contributed by atoms with Crippen molar-refractivity contribution in [2.45, 2.75) is 5.41 Å². The Hall–Kier alpha value is -8.46. The molecule has 2 aliphatic rings. The molecular formula is C63H42N2. The smallest absolute Gasteiger partial charge is 0.0727 e. The van der Waals surface area contributed by atoms with E-state index in [-0.39, 0.29) is 0 Å². The van der Waals surface area contributed by atoms with Crippen LogP contribution in [-0.2, 0) is 5.41 Å². The first-order valence-electron chi connectivity index (χ1n) is 22.5. The molecule has 13 rings (SSSR count). The van der Waals surface area contributed by atoms with E-state index in [1.807, 2.05) is 0 Å². The first-order chi connectivity index (χ1) is 32.3. The highest BCUT2D eigenvalue weighted by molar-refractivity contribution is 6.06. The summed E-state index contributed by atoms with van der Waals surface area (Å²) in [7, 11) is 0. The van der Waals surface area contributed by atoms with Crippen LogP contribution in [0.4, 0.5) is 34.1 Å². The van der Waals surface area contributed by atoms with Crippen LogP contribution >= 0.6 is 0 Å². The van der Waals surface area contributed by atoms with Crippen molar-refractivity contribution < 1.29 is 0 Å². The molecule has 0 heterocycles. The summed E-state index contributed by atoms with van der Waals surface area (Å²) in [6.45, 7) is 0. The van der Waals surface area contributed by atoms with Gasteiger partial charge in [0.05, 0.1) is 22.5 Å². The van der Waals surface area contributed by atoms with Crippen LogP contribution in [0.25, 0.3) is 54.9 Å². The third kappa shape index (κ3) is 5.54. The van der Waals surface area contributed by atoms with Crippen molar-refractivity contribution in [3.8, 4) is 33.4 Å². The lowest BCUT2D eigenvalue weighted by molar-refractivity contribution is 0.775. The number of para-hydroxylation sites is 2. The van der Waals surface area contributed by atoms with E-state index >= 15 is 0 Å². The topological polar surface area (TPSA) is 6.48 Å². The summed E-state index contributed by atoms with van der Waals surface area (Å²) in [6.07, 6.45) is 0. The van der Waals surface area contributed by atoms with Crippen molar-refractivity contribution in [3.05, 3.63) is 277 Å². The second-order valence-electron chi connectivity index (χ2n) is 17.2. The first-order valence-corrected chi connectivity index (χ1v) is 22.5. The van der Waals surface area contributed by atoms with E-state index in [9.17, 15) is 0 Å². The fraction of sp³-hybridized carbons (Fsp3) is 0.0159. The van der Waals surface area contributed by atoms with Crippen molar-refractivity contribution in [2.75, 3.05) is 9.80 Å². The van der Waals surface area contributed by atoms with Gasteiger partial charge in [-0.25, -0.2) is 0 Å².